The van der Waals surface area contributed by atoms with Crippen molar-refractivity contribution in [3.8, 4) is 0 Å². The minimum absolute atomic E-state index is 0.0330. The molecule has 0 aliphatic rings. The van der Waals surface area contributed by atoms with Crippen LogP contribution in [0.3, 0.4) is 0 Å². The van der Waals surface area contributed by atoms with Crippen molar-refractivity contribution in [2.75, 3.05) is 0 Å². The molecule has 0 amide bonds. The SMILES string of the molecule is CC=C(c1ccccc1Cl)[N+](=O)[O-]. The Morgan fingerprint density at radius 3 is 2.62 bits per heavy atom. The fourth-order valence-electron chi connectivity index (χ4n) is 1.03. The summed E-state index contributed by atoms with van der Waals surface area (Å²) in [5, 5.41) is 11.0. The summed E-state index contributed by atoms with van der Waals surface area (Å²) < 4.78 is 0. The number of allylic oxidation sites excluding steroid dienone is 1. The first kappa shape index (κ1) is 9.74. The van der Waals surface area contributed by atoms with Crippen molar-refractivity contribution in [2.45, 2.75) is 6.92 Å². The monoisotopic (exact) mass is 197 g/mol. The number of hydrogen-bond donors (Lipinski definition) is 0. The van der Waals surface area contributed by atoms with Crippen LogP contribution < -0.4 is 0 Å². The van der Waals surface area contributed by atoms with Gasteiger partial charge in [0.2, 0.25) is 0 Å². The van der Waals surface area contributed by atoms with E-state index in [-0.39, 0.29) is 5.70 Å². The maximum Gasteiger partial charge on any atom is 0.273 e. The summed E-state index contributed by atoms with van der Waals surface area (Å²) in [7, 11) is 0. The summed E-state index contributed by atoms with van der Waals surface area (Å²) in [6.45, 7) is 1.61. The quantitative estimate of drug-likeness (QED) is 0.540. The average molecular weight is 198 g/mol. The first-order valence-corrected chi connectivity index (χ1v) is 4.10. The molecule has 1 rings (SSSR count). The maximum atomic E-state index is 10.6. The van der Waals surface area contributed by atoms with E-state index in [4.69, 9.17) is 11.6 Å². The molecule has 0 aliphatic carbocycles. The molecule has 0 spiro atoms. The van der Waals surface area contributed by atoms with Gasteiger partial charge in [0.15, 0.2) is 0 Å². The molecule has 0 fully saturated rings. The van der Waals surface area contributed by atoms with Crippen molar-refractivity contribution >= 4 is 17.3 Å². The van der Waals surface area contributed by atoms with Gasteiger partial charge in [-0.25, -0.2) is 0 Å². The number of nitro groups is 1. The first-order valence-electron chi connectivity index (χ1n) is 3.72. The minimum Gasteiger partial charge on any atom is -0.258 e. The van der Waals surface area contributed by atoms with Crippen molar-refractivity contribution in [3.63, 3.8) is 0 Å². The predicted molar refractivity (Wildman–Crippen MR) is 52.1 cm³/mol. The summed E-state index contributed by atoms with van der Waals surface area (Å²) in [4.78, 5) is 10.1. The van der Waals surface area contributed by atoms with E-state index in [1.165, 1.54) is 6.08 Å². The van der Waals surface area contributed by atoms with E-state index in [2.05, 4.69) is 0 Å². The third-order valence-electron chi connectivity index (χ3n) is 1.62. The lowest BCUT2D eigenvalue weighted by Crippen LogP contribution is -1.97. The second-order valence-corrected chi connectivity index (χ2v) is 2.82. The van der Waals surface area contributed by atoms with Gasteiger partial charge in [-0.15, -0.1) is 0 Å². The van der Waals surface area contributed by atoms with E-state index in [9.17, 15) is 10.1 Å². The van der Waals surface area contributed by atoms with Gasteiger partial charge >= 0.3 is 0 Å². The van der Waals surface area contributed by atoms with Crippen LogP contribution in [-0.4, -0.2) is 4.92 Å². The standard InChI is InChI=1S/C9H8ClNO2/c1-2-9(11(12)13)7-5-3-4-6-8(7)10/h2-6H,1H3. The smallest absolute Gasteiger partial charge is 0.258 e. The lowest BCUT2D eigenvalue weighted by atomic mass is 10.1. The third kappa shape index (κ3) is 2.06. The fourth-order valence-corrected chi connectivity index (χ4v) is 1.26. The summed E-state index contributed by atoms with van der Waals surface area (Å²) in [5.41, 5.74) is 0.488. The van der Waals surface area contributed by atoms with Gasteiger partial charge < -0.3 is 0 Å². The van der Waals surface area contributed by atoms with Crippen molar-refractivity contribution in [2.24, 2.45) is 0 Å². The molecule has 0 atom stereocenters. The highest BCUT2D eigenvalue weighted by molar-refractivity contribution is 6.32. The molecule has 13 heavy (non-hydrogen) atoms. The Labute approximate surface area is 80.8 Å². The topological polar surface area (TPSA) is 43.1 Å². The predicted octanol–water partition coefficient (Wildman–Crippen LogP) is 2.98. The van der Waals surface area contributed by atoms with E-state index in [1.807, 2.05) is 0 Å². The Balaban J connectivity index is 3.21. The molecule has 0 aliphatic heterocycles. The Hall–Kier alpha value is -1.35. The largest absolute Gasteiger partial charge is 0.273 e. The van der Waals surface area contributed by atoms with Crippen LogP contribution in [0.4, 0.5) is 0 Å². The van der Waals surface area contributed by atoms with Gasteiger partial charge in [0.1, 0.15) is 0 Å². The van der Waals surface area contributed by atoms with Crippen molar-refractivity contribution in [1.82, 2.24) is 0 Å². The van der Waals surface area contributed by atoms with Gasteiger partial charge in [-0.3, -0.25) is 10.1 Å². The highest BCUT2D eigenvalue weighted by Gasteiger charge is 2.14. The first-order chi connectivity index (χ1) is 6.16. The summed E-state index contributed by atoms with van der Waals surface area (Å²) >= 11 is 5.80. The molecule has 0 aromatic heterocycles. The number of nitrogens with zero attached hydrogens (tertiary/aromatic N) is 1. The van der Waals surface area contributed by atoms with E-state index >= 15 is 0 Å². The van der Waals surface area contributed by atoms with Crippen LogP contribution in [0.1, 0.15) is 12.5 Å². The van der Waals surface area contributed by atoms with Crippen LogP contribution in [0.15, 0.2) is 30.3 Å². The zero-order valence-corrected chi connectivity index (χ0v) is 7.78. The Morgan fingerprint density at radius 2 is 2.15 bits per heavy atom. The van der Waals surface area contributed by atoms with Gasteiger partial charge in [-0.1, -0.05) is 23.7 Å². The van der Waals surface area contributed by atoms with Crippen LogP contribution in [0, 0.1) is 10.1 Å². The zero-order valence-electron chi connectivity index (χ0n) is 7.03. The molecular formula is C9H8ClNO2. The number of rotatable bonds is 2. The molecule has 0 unspecified atom stereocenters. The molecule has 0 heterocycles. The van der Waals surface area contributed by atoms with E-state index in [1.54, 1.807) is 31.2 Å². The van der Waals surface area contributed by atoms with Gasteiger partial charge in [0, 0.05) is 0 Å². The van der Waals surface area contributed by atoms with Crippen molar-refractivity contribution in [1.29, 1.82) is 0 Å². The lowest BCUT2D eigenvalue weighted by molar-refractivity contribution is -0.375. The van der Waals surface area contributed by atoms with Crippen LogP contribution in [0.5, 0.6) is 0 Å². The Morgan fingerprint density at radius 1 is 1.54 bits per heavy atom. The van der Waals surface area contributed by atoms with Gasteiger partial charge in [-0.2, -0.15) is 0 Å². The number of benzene rings is 1. The lowest BCUT2D eigenvalue weighted by Gasteiger charge is -1.99. The van der Waals surface area contributed by atoms with E-state index in [0.717, 1.165) is 0 Å². The Bertz CT molecular complexity index is 360. The molecule has 0 radical (unpaired) electrons. The molecule has 3 nitrogen and oxygen atoms in total. The fraction of sp³-hybridized carbons (Fsp3) is 0.111. The molecular weight excluding hydrogens is 190 g/mol. The molecule has 0 bridgehead atoms. The van der Waals surface area contributed by atoms with Crippen LogP contribution in [0.2, 0.25) is 5.02 Å². The van der Waals surface area contributed by atoms with Crippen molar-refractivity contribution in [3.05, 3.63) is 51.0 Å². The maximum absolute atomic E-state index is 10.6. The highest BCUT2D eigenvalue weighted by atomic mass is 35.5. The molecule has 68 valence electrons. The third-order valence-corrected chi connectivity index (χ3v) is 1.95. The highest BCUT2D eigenvalue weighted by Crippen LogP contribution is 2.23. The van der Waals surface area contributed by atoms with Crippen LogP contribution in [0.25, 0.3) is 5.70 Å². The Kier molecular flexibility index (Phi) is 3.03. The normalized spacial score (nSPS) is 11.4. The van der Waals surface area contributed by atoms with Gasteiger partial charge in [0.05, 0.1) is 15.5 Å². The summed E-state index contributed by atoms with van der Waals surface area (Å²) in [5.74, 6) is 0. The number of hydrogen-bond acceptors (Lipinski definition) is 2. The van der Waals surface area contributed by atoms with Crippen LogP contribution in [-0.2, 0) is 0 Å². The van der Waals surface area contributed by atoms with E-state index in [0.29, 0.717) is 10.6 Å². The zero-order chi connectivity index (χ0) is 9.84. The van der Waals surface area contributed by atoms with Gasteiger partial charge in [-0.05, 0) is 25.1 Å². The van der Waals surface area contributed by atoms with E-state index < -0.39 is 4.92 Å². The minimum atomic E-state index is -0.443. The summed E-state index contributed by atoms with van der Waals surface area (Å²) in [6, 6.07) is 6.71. The summed E-state index contributed by atoms with van der Waals surface area (Å²) in [6.07, 6.45) is 1.43. The number of halogens is 1. The molecule has 1 aromatic carbocycles. The second-order valence-electron chi connectivity index (χ2n) is 2.41. The second kappa shape index (κ2) is 4.05. The van der Waals surface area contributed by atoms with Crippen LogP contribution >= 0.6 is 11.6 Å². The molecule has 0 N–H and O–H groups in total. The average Bonchev–Trinajstić information content (AvgIpc) is 2.09. The van der Waals surface area contributed by atoms with Crippen molar-refractivity contribution < 1.29 is 4.92 Å². The van der Waals surface area contributed by atoms with Gasteiger partial charge in [0.25, 0.3) is 5.70 Å². The molecule has 0 saturated heterocycles. The molecule has 0 saturated carbocycles. The molecule has 1 aromatic rings. The molecule has 4 heteroatoms.